The molecule has 0 N–H and O–H groups in total. The summed E-state index contributed by atoms with van der Waals surface area (Å²) in [5, 5.41) is 0. The Morgan fingerprint density at radius 3 is 1.75 bits per heavy atom. The maximum atomic E-state index is 4.45. The van der Waals surface area contributed by atoms with Crippen LogP contribution in [-0.4, -0.2) is 4.98 Å². The van der Waals surface area contributed by atoms with Crippen molar-refractivity contribution in [3.05, 3.63) is 77.2 Å². The van der Waals surface area contributed by atoms with Crippen LogP contribution in [-0.2, 0) is 0 Å². The highest BCUT2D eigenvalue weighted by molar-refractivity contribution is 5.45. The lowest BCUT2D eigenvalue weighted by Crippen LogP contribution is -1.87. The topological polar surface area (TPSA) is 12.9 Å². The Bertz CT molecular complexity index is 702. The highest BCUT2D eigenvalue weighted by atomic mass is 14.7. The molecule has 0 saturated heterocycles. The van der Waals surface area contributed by atoms with Gasteiger partial charge in [0, 0.05) is 11.1 Å². The van der Waals surface area contributed by atoms with Crippen molar-refractivity contribution in [2.45, 2.75) is 12.8 Å². The van der Waals surface area contributed by atoms with E-state index in [1.54, 1.807) is 0 Å². The first-order valence-electron chi connectivity index (χ1n) is 6.63. The van der Waals surface area contributed by atoms with Crippen molar-refractivity contribution in [1.82, 2.24) is 4.98 Å². The molecule has 0 bridgehead atoms. The van der Waals surface area contributed by atoms with Gasteiger partial charge in [-0.2, -0.15) is 0 Å². The van der Waals surface area contributed by atoms with Gasteiger partial charge in [0.05, 0.1) is 0 Å². The summed E-state index contributed by atoms with van der Waals surface area (Å²) in [6.07, 6.45) is 14.2. The molecule has 0 spiro atoms. The molecule has 0 fully saturated rings. The van der Waals surface area contributed by atoms with Gasteiger partial charge in [0.25, 0.3) is 0 Å². The average molecular weight is 255 g/mol. The lowest BCUT2D eigenvalue weighted by atomic mass is 10.2. The van der Waals surface area contributed by atoms with Crippen molar-refractivity contribution < 1.29 is 0 Å². The minimum atomic E-state index is 0.767. The van der Waals surface area contributed by atoms with Gasteiger partial charge in [-0.1, -0.05) is 54.4 Å². The fourth-order valence-electron chi connectivity index (χ4n) is 1.94. The number of aromatic nitrogens is 1. The largest absolute Gasteiger partial charge is 0.231 e. The number of allylic oxidation sites excluding steroid dienone is 8. The third kappa shape index (κ3) is 3.16. The summed E-state index contributed by atoms with van der Waals surface area (Å²) in [5.41, 5.74) is 3.79. The van der Waals surface area contributed by atoms with Gasteiger partial charge in [-0.3, -0.25) is 0 Å². The van der Waals surface area contributed by atoms with Crippen molar-refractivity contribution in [2.24, 2.45) is 0 Å². The summed E-state index contributed by atoms with van der Waals surface area (Å²) in [5.74, 6) is 12.5. The first kappa shape index (κ1) is 12.3. The Morgan fingerprint density at radius 2 is 1.30 bits per heavy atom. The van der Waals surface area contributed by atoms with Gasteiger partial charge in [0.1, 0.15) is 11.4 Å². The predicted octanol–water partition coefficient (Wildman–Crippen LogP) is 3.56. The van der Waals surface area contributed by atoms with Crippen LogP contribution in [0.5, 0.6) is 0 Å². The molecule has 0 unspecified atom stereocenters. The highest BCUT2D eigenvalue weighted by Crippen LogP contribution is 2.09. The first-order chi connectivity index (χ1) is 9.90. The molecular formula is C19H13N. The molecule has 1 heteroatoms. The van der Waals surface area contributed by atoms with Crippen LogP contribution in [0.2, 0.25) is 0 Å². The van der Waals surface area contributed by atoms with Gasteiger partial charge in [-0.15, -0.1) is 0 Å². The smallest absolute Gasteiger partial charge is 0.114 e. The predicted molar refractivity (Wildman–Crippen MR) is 81.7 cm³/mol. The Labute approximate surface area is 119 Å². The van der Waals surface area contributed by atoms with Gasteiger partial charge >= 0.3 is 0 Å². The zero-order chi connectivity index (χ0) is 13.6. The molecule has 0 aromatic carbocycles. The Hall–Kier alpha value is -2.77. The Balaban J connectivity index is 1.76. The summed E-state index contributed by atoms with van der Waals surface area (Å²) in [4.78, 5) is 4.45. The summed E-state index contributed by atoms with van der Waals surface area (Å²) in [6, 6.07) is 5.78. The average Bonchev–Trinajstić information content (AvgIpc) is 3.17. The second-order valence-electron chi connectivity index (χ2n) is 4.56. The van der Waals surface area contributed by atoms with Crippen LogP contribution in [0.3, 0.4) is 0 Å². The molecule has 0 atom stereocenters. The Kier molecular flexibility index (Phi) is 3.63. The quantitative estimate of drug-likeness (QED) is 0.646. The molecule has 3 rings (SSSR count). The standard InChI is InChI=1S/C19H13N/c1-2-7-16(6-1)12-14-18-10-5-11-19(20-18)15-13-17-8-3-4-9-17/h1-6,8,10-11H,7,9H2. The van der Waals surface area contributed by atoms with Gasteiger partial charge in [-0.25, -0.2) is 4.98 Å². The van der Waals surface area contributed by atoms with E-state index in [1.807, 2.05) is 42.5 Å². The van der Waals surface area contributed by atoms with Gasteiger partial charge in [-0.05, 0) is 36.8 Å². The van der Waals surface area contributed by atoms with E-state index < -0.39 is 0 Å². The molecule has 1 aromatic heterocycles. The molecule has 0 amide bonds. The molecule has 1 heterocycles. The third-order valence-electron chi connectivity index (χ3n) is 2.99. The van der Waals surface area contributed by atoms with Crippen molar-refractivity contribution in [3.63, 3.8) is 0 Å². The van der Waals surface area contributed by atoms with E-state index in [2.05, 4.69) is 40.8 Å². The number of hydrogen-bond acceptors (Lipinski definition) is 1. The second kappa shape index (κ2) is 5.91. The molecule has 0 aliphatic heterocycles. The lowest BCUT2D eigenvalue weighted by Gasteiger charge is -1.92. The molecule has 2 aliphatic rings. The number of rotatable bonds is 0. The number of hydrogen-bond donors (Lipinski definition) is 0. The molecule has 94 valence electrons. The van der Waals surface area contributed by atoms with Crippen LogP contribution >= 0.6 is 0 Å². The van der Waals surface area contributed by atoms with E-state index in [-0.39, 0.29) is 0 Å². The van der Waals surface area contributed by atoms with Crippen molar-refractivity contribution >= 4 is 0 Å². The fraction of sp³-hybridized carbons (Fsp3) is 0.105. The van der Waals surface area contributed by atoms with Crippen molar-refractivity contribution in [3.8, 4) is 23.7 Å². The highest BCUT2D eigenvalue weighted by Gasteiger charge is 1.96. The van der Waals surface area contributed by atoms with Crippen LogP contribution in [0.1, 0.15) is 24.2 Å². The molecule has 1 aromatic rings. The summed E-state index contributed by atoms with van der Waals surface area (Å²) in [7, 11) is 0. The normalized spacial score (nSPS) is 15.0. The van der Waals surface area contributed by atoms with E-state index in [4.69, 9.17) is 0 Å². The van der Waals surface area contributed by atoms with E-state index in [9.17, 15) is 0 Å². The number of nitrogens with zero attached hydrogens (tertiary/aromatic N) is 1. The molecular weight excluding hydrogens is 242 g/mol. The molecule has 0 saturated carbocycles. The van der Waals surface area contributed by atoms with Crippen LogP contribution in [0.25, 0.3) is 0 Å². The van der Waals surface area contributed by atoms with E-state index in [0.717, 1.165) is 35.4 Å². The maximum Gasteiger partial charge on any atom is 0.114 e. The number of pyridine rings is 1. The zero-order valence-electron chi connectivity index (χ0n) is 11.1. The van der Waals surface area contributed by atoms with Gasteiger partial charge in [0.2, 0.25) is 0 Å². The Morgan fingerprint density at radius 1 is 0.750 bits per heavy atom. The van der Waals surface area contributed by atoms with Crippen LogP contribution in [0.4, 0.5) is 0 Å². The minimum Gasteiger partial charge on any atom is -0.231 e. The minimum absolute atomic E-state index is 0.767. The van der Waals surface area contributed by atoms with Crippen LogP contribution in [0, 0.1) is 23.7 Å². The van der Waals surface area contributed by atoms with Crippen LogP contribution < -0.4 is 0 Å². The first-order valence-corrected chi connectivity index (χ1v) is 6.63. The van der Waals surface area contributed by atoms with Gasteiger partial charge in [0.15, 0.2) is 0 Å². The summed E-state index contributed by atoms with van der Waals surface area (Å²) < 4.78 is 0. The monoisotopic (exact) mass is 255 g/mol. The molecule has 0 radical (unpaired) electrons. The van der Waals surface area contributed by atoms with Crippen molar-refractivity contribution in [2.75, 3.05) is 0 Å². The summed E-state index contributed by atoms with van der Waals surface area (Å²) >= 11 is 0. The third-order valence-corrected chi connectivity index (χ3v) is 2.99. The van der Waals surface area contributed by atoms with E-state index in [0.29, 0.717) is 0 Å². The maximum absolute atomic E-state index is 4.45. The molecule has 1 nitrogen and oxygen atoms in total. The fourth-order valence-corrected chi connectivity index (χ4v) is 1.94. The van der Waals surface area contributed by atoms with Gasteiger partial charge < -0.3 is 0 Å². The van der Waals surface area contributed by atoms with E-state index in [1.165, 1.54) is 0 Å². The lowest BCUT2D eigenvalue weighted by molar-refractivity contribution is 1.25. The van der Waals surface area contributed by atoms with Crippen molar-refractivity contribution in [1.29, 1.82) is 0 Å². The zero-order valence-corrected chi connectivity index (χ0v) is 11.1. The molecule has 20 heavy (non-hydrogen) atoms. The second-order valence-corrected chi connectivity index (χ2v) is 4.56. The van der Waals surface area contributed by atoms with E-state index >= 15 is 0 Å². The SMILES string of the molecule is C(#Cc1cccc(C#CC2=CC=CC2)n1)C1=CC=CC1. The summed E-state index contributed by atoms with van der Waals surface area (Å²) in [6.45, 7) is 0. The molecule has 2 aliphatic carbocycles. The van der Waals surface area contributed by atoms with Crippen LogP contribution in [0.15, 0.2) is 65.8 Å².